The normalized spacial score (nSPS) is 8.96. The van der Waals surface area contributed by atoms with Gasteiger partial charge in [0.15, 0.2) is 0 Å². The summed E-state index contributed by atoms with van der Waals surface area (Å²) in [5, 5.41) is 31.8. The Morgan fingerprint density at radius 2 is 1.69 bits per heavy atom. The molecule has 1 aromatic carbocycles. The number of carboxylic acid groups (broad SMARTS) is 2. The van der Waals surface area contributed by atoms with Crippen molar-refractivity contribution in [3.63, 3.8) is 0 Å². The van der Waals surface area contributed by atoms with E-state index in [0.29, 0.717) is 18.7 Å². The second-order valence-electron chi connectivity index (χ2n) is 4.51. The number of hydrogen-bond donors (Lipinski definition) is 1. The Bertz CT molecular complexity index is 747. The number of aromatic nitrogens is 2. The van der Waals surface area contributed by atoms with Crippen molar-refractivity contribution in [3.05, 3.63) is 57.4 Å². The van der Waals surface area contributed by atoms with Crippen LogP contribution in [0, 0.1) is 10.1 Å². The van der Waals surface area contributed by atoms with Crippen LogP contribution < -0.4 is 154 Å². The second-order valence-corrected chi connectivity index (χ2v) is 4.51. The molecule has 10 nitrogen and oxygen atoms in total. The van der Waals surface area contributed by atoms with Crippen LogP contribution in [0.15, 0.2) is 30.3 Å². The summed E-state index contributed by atoms with van der Waals surface area (Å²) in [6.45, 7) is 2.13. The first-order valence-electron chi connectivity index (χ1n) is 6.73. The third-order valence-electron chi connectivity index (χ3n) is 2.96. The summed E-state index contributed by atoms with van der Waals surface area (Å²) < 4.78 is 1.47. The van der Waals surface area contributed by atoms with E-state index in [1.54, 1.807) is 6.92 Å². The molecule has 1 aromatic heterocycles. The van der Waals surface area contributed by atoms with Gasteiger partial charge in [-0.15, -0.1) is 0 Å². The van der Waals surface area contributed by atoms with E-state index < -0.39 is 17.0 Å². The maximum Gasteiger partial charge on any atom is 1.00 e. The van der Waals surface area contributed by atoms with E-state index in [4.69, 9.17) is 20.7 Å². The minimum absolute atomic E-state index is 0. The molecule has 0 radical (unpaired) electrons. The molecular weight excluding hydrogens is 586 g/mol. The molecule has 2 aromatic rings. The molecule has 0 fully saturated rings. The fourth-order valence-corrected chi connectivity index (χ4v) is 2.08. The molecule has 26 heavy (non-hydrogen) atoms. The fraction of sp³-hybridized carbons (Fsp3) is 0.214. The van der Waals surface area contributed by atoms with Crippen molar-refractivity contribution in [1.82, 2.24) is 9.78 Å². The molecule has 0 atom stereocenters. The maximum atomic E-state index is 11.3. The molecule has 0 unspecified atom stereocenters. The number of primary amides is 1. The molecule has 1 heterocycles. The van der Waals surface area contributed by atoms with Gasteiger partial charge < -0.3 is 20.7 Å². The Hall–Kier alpha value is 0.674. The summed E-state index contributed by atoms with van der Waals surface area (Å²) in [4.78, 5) is 30.1. The largest absolute Gasteiger partial charge is 1.00 e. The first kappa shape index (κ1) is 28.9. The zero-order chi connectivity index (χ0) is 18.3. The average molecular weight is 600 g/mol. The average Bonchev–Trinajstić information content (AvgIpc) is 2.86. The Kier molecular flexibility index (Phi) is 16.3. The van der Waals surface area contributed by atoms with Gasteiger partial charge in [-0.3, -0.25) is 19.6 Å². The van der Waals surface area contributed by atoms with Gasteiger partial charge in [-0.1, -0.05) is 37.3 Å². The predicted molar refractivity (Wildman–Crippen MR) is 77.7 cm³/mol. The van der Waals surface area contributed by atoms with E-state index in [1.165, 1.54) is 4.68 Å². The molecule has 0 aliphatic rings. The predicted octanol–water partition coefficient (Wildman–Crippen LogP) is -6.94. The maximum absolute atomic E-state index is 11.3. The van der Waals surface area contributed by atoms with Gasteiger partial charge in [-0.05, 0) is 18.1 Å². The van der Waals surface area contributed by atoms with Crippen LogP contribution in [0.2, 0.25) is 0 Å². The van der Waals surface area contributed by atoms with Gasteiger partial charge in [0.25, 0.3) is 5.91 Å². The Labute approximate surface area is 266 Å². The molecule has 12 heteroatoms. The van der Waals surface area contributed by atoms with Crippen molar-refractivity contribution in [2.75, 3.05) is 0 Å². The van der Waals surface area contributed by atoms with E-state index >= 15 is 0 Å². The zero-order valence-electron chi connectivity index (χ0n) is 14.7. The van der Waals surface area contributed by atoms with Crippen LogP contribution in [-0.2, 0) is 13.0 Å². The van der Waals surface area contributed by atoms with Crippen molar-refractivity contribution in [2.24, 2.45) is 5.73 Å². The monoisotopic (exact) mass is 600 g/mol. The number of benzene rings is 1. The van der Waals surface area contributed by atoms with Gasteiger partial charge in [-0.2, -0.15) is 5.10 Å². The number of amides is 1. The van der Waals surface area contributed by atoms with Crippen LogP contribution in [0.1, 0.15) is 28.7 Å². The van der Waals surface area contributed by atoms with Crippen molar-refractivity contribution >= 4 is 17.7 Å². The molecule has 0 spiro atoms. The fourth-order valence-electron chi connectivity index (χ4n) is 2.08. The summed E-state index contributed by atoms with van der Waals surface area (Å²) in [6, 6.07) is 9.39. The van der Waals surface area contributed by atoms with Crippen LogP contribution in [0.3, 0.4) is 0 Å². The molecule has 1 amide bonds. The quantitative estimate of drug-likeness (QED) is 0.263. The summed E-state index contributed by atoms with van der Waals surface area (Å²) in [5.41, 5.74) is 5.92. The summed E-state index contributed by atoms with van der Waals surface area (Å²) in [5.74, 6) is -0.891. The summed E-state index contributed by atoms with van der Waals surface area (Å²) in [6.07, 6.45) is -1.94. The standard InChI is InChI=1S/C13H14N4O3.CH2O3.2Cs/c1-2-10-12(17(19)20)11(13(14)18)15-16(10)8-9-6-4-3-5-7-9;2-1(3)4;;/h3-7H,2,8H2,1H3,(H2,14,18);(H2,2,3,4);;/q;;2*+1/p-2. The van der Waals surface area contributed by atoms with Crippen LogP contribution in [0.5, 0.6) is 0 Å². The van der Waals surface area contributed by atoms with Crippen LogP contribution in [0.4, 0.5) is 10.5 Å². The molecule has 2 N–H and O–H groups in total. The number of hydrogen-bond acceptors (Lipinski definition) is 7. The van der Waals surface area contributed by atoms with Crippen molar-refractivity contribution in [3.8, 4) is 0 Å². The minimum atomic E-state index is -2.33. The number of carbonyl (C=O) groups excluding carboxylic acids is 2. The van der Waals surface area contributed by atoms with Gasteiger partial charge in [0.2, 0.25) is 5.69 Å². The summed E-state index contributed by atoms with van der Waals surface area (Å²) >= 11 is 0. The number of carbonyl (C=O) groups is 2. The van der Waals surface area contributed by atoms with Crippen LogP contribution in [0.25, 0.3) is 0 Å². The number of nitro groups is 1. The summed E-state index contributed by atoms with van der Waals surface area (Å²) in [7, 11) is 0. The molecule has 0 saturated heterocycles. The van der Waals surface area contributed by atoms with Crippen LogP contribution in [-0.4, -0.2) is 26.8 Å². The van der Waals surface area contributed by atoms with Gasteiger partial charge in [0.05, 0.1) is 11.5 Å². The molecule has 0 bridgehead atoms. The molecule has 0 aliphatic heterocycles. The van der Waals surface area contributed by atoms with Crippen molar-refractivity contribution < 1.29 is 163 Å². The topological polar surface area (TPSA) is 167 Å². The van der Waals surface area contributed by atoms with E-state index in [9.17, 15) is 14.9 Å². The van der Waals surface area contributed by atoms with Crippen molar-refractivity contribution in [1.29, 1.82) is 0 Å². The van der Waals surface area contributed by atoms with Gasteiger partial charge in [-0.25, -0.2) is 0 Å². The number of rotatable bonds is 5. The number of nitrogens with two attached hydrogens (primary N) is 1. The Morgan fingerprint density at radius 3 is 2.08 bits per heavy atom. The smallest absolute Gasteiger partial charge is 0.652 e. The second kappa shape index (κ2) is 14.6. The number of nitrogens with zero attached hydrogens (tertiary/aromatic N) is 3. The Morgan fingerprint density at radius 1 is 1.19 bits per heavy atom. The van der Waals surface area contributed by atoms with Crippen LogP contribution >= 0.6 is 0 Å². The van der Waals surface area contributed by atoms with Crippen molar-refractivity contribution in [2.45, 2.75) is 19.9 Å². The Balaban J connectivity index is 0. The van der Waals surface area contributed by atoms with E-state index in [1.807, 2.05) is 30.3 Å². The van der Waals surface area contributed by atoms with Gasteiger partial charge >= 0.3 is 143 Å². The van der Waals surface area contributed by atoms with Gasteiger partial charge in [0.1, 0.15) is 5.69 Å². The van der Waals surface area contributed by atoms with E-state index in [-0.39, 0.29) is 149 Å². The molecular formula is C14H14Cs2N4O6. The third kappa shape index (κ3) is 9.25. The third-order valence-corrected chi connectivity index (χ3v) is 2.96. The molecule has 128 valence electrons. The molecule has 2 rings (SSSR count). The zero-order valence-corrected chi connectivity index (χ0v) is 27.2. The van der Waals surface area contributed by atoms with E-state index in [2.05, 4.69) is 5.10 Å². The SMILES string of the molecule is CCc1c([N+](=O)[O-])c(C(N)=O)nn1Cc1ccccc1.O=C([O-])[O-].[Cs+].[Cs+]. The first-order valence-corrected chi connectivity index (χ1v) is 6.73. The molecule has 0 saturated carbocycles. The first-order chi connectivity index (χ1) is 11.3. The minimum Gasteiger partial charge on any atom is -0.652 e. The van der Waals surface area contributed by atoms with Gasteiger partial charge in [0, 0.05) is 0 Å². The van der Waals surface area contributed by atoms with E-state index in [0.717, 1.165) is 5.56 Å². The molecule has 0 aliphatic carbocycles.